The van der Waals surface area contributed by atoms with Crippen molar-refractivity contribution in [3.8, 4) is 119 Å². The predicted octanol–water partition coefficient (Wildman–Crippen LogP) is 23.4. The van der Waals surface area contributed by atoms with Gasteiger partial charge < -0.3 is 23.8 Å². The second-order valence-electron chi connectivity index (χ2n) is 31.2. The van der Waals surface area contributed by atoms with Crippen LogP contribution < -0.4 is 26.2 Å². The number of nitrogens with zero attached hydrogens (tertiary/aromatic N) is 11. The van der Waals surface area contributed by atoms with Crippen molar-refractivity contribution >= 4 is 91.0 Å². The van der Waals surface area contributed by atoms with Gasteiger partial charge in [0, 0.05) is 95.0 Å². The number of aromatic nitrogens is 9. The van der Waals surface area contributed by atoms with Crippen LogP contribution in [0.4, 0.5) is 34.1 Å². The molecule has 126 heavy (non-hydrogen) atoms. The lowest BCUT2D eigenvalue weighted by Gasteiger charge is -2.44. The number of anilines is 6. The Morgan fingerprint density at radius 3 is 1.00 bits per heavy atom. The van der Waals surface area contributed by atoms with Crippen molar-refractivity contribution in [3.05, 3.63) is 435 Å². The summed E-state index contributed by atoms with van der Waals surface area (Å²) >= 11 is 0. The highest BCUT2D eigenvalue weighted by Gasteiger charge is 2.45. The lowest BCUT2D eigenvalue weighted by molar-refractivity contribution is 0.0464. The summed E-state index contributed by atoms with van der Waals surface area (Å²) in [7, 11) is 0. The van der Waals surface area contributed by atoms with E-state index in [0.29, 0.717) is 57.5 Å². The molecule has 0 amide bonds. The second-order valence-corrected chi connectivity index (χ2v) is 31.2. The number of hydrogen-bond donors (Lipinski definition) is 0. The van der Waals surface area contributed by atoms with E-state index < -0.39 is 18.7 Å². The van der Waals surface area contributed by atoms with Crippen LogP contribution in [0.5, 0.6) is 0 Å². The molecule has 2 aliphatic heterocycles. The van der Waals surface area contributed by atoms with Crippen molar-refractivity contribution in [2.75, 3.05) is 9.80 Å². The molecular formula is C110H72BN11O4. The third-order valence-electron chi connectivity index (χ3n) is 23.4. The highest BCUT2D eigenvalue weighted by atomic mass is 16.5. The first-order chi connectivity index (χ1) is 62.3. The van der Waals surface area contributed by atoms with Gasteiger partial charge in [0.25, 0.3) is 6.71 Å². The van der Waals surface area contributed by atoms with E-state index in [1.807, 2.05) is 279 Å². The molecule has 20 aromatic rings. The molecule has 0 spiro atoms. The van der Waals surface area contributed by atoms with Crippen molar-refractivity contribution < 1.29 is 19.1 Å². The Bertz CT molecular complexity index is 7210. The minimum absolute atomic E-state index is 0.0936. The van der Waals surface area contributed by atoms with Crippen molar-refractivity contribution in [3.63, 3.8) is 0 Å². The zero-order chi connectivity index (χ0) is 84.0. The van der Waals surface area contributed by atoms with Gasteiger partial charge in [-0.05, 0) is 154 Å². The van der Waals surface area contributed by atoms with E-state index in [9.17, 15) is 9.59 Å². The fourth-order valence-corrected chi connectivity index (χ4v) is 17.3. The van der Waals surface area contributed by atoms with Gasteiger partial charge in [0.1, 0.15) is 13.2 Å². The summed E-state index contributed by atoms with van der Waals surface area (Å²) in [4.78, 5) is 77.0. The van der Waals surface area contributed by atoms with Gasteiger partial charge in [0.2, 0.25) is 0 Å². The SMILES string of the molecule is O=C(OCc1ccccc1)c1ccc2c(c1)N(c1ccccc1)c1cc(-c3ccc4c(c3)c3cc(-c5nc(-c6ccccc6)nc(-c6ccccc6)n5)ccc3n4-c3ccc(-c4nc(-c5ccccc5)cc(-c5ccccc5)n4)cc3-c3nc(-c4ccccc4)nc(-c4ccccc4)n3)cc3c1B2c1ccc(C(=O)OCc2ccccc2)cc1N3c1ccccc1. The van der Waals surface area contributed by atoms with E-state index in [0.717, 1.165) is 156 Å². The predicted molar refractivity (Wildman–Crippen MR) is 503 cm³/mol. The number of para-hydroxylation sites is 2. The van der Waals surface area contributed by atoms with Crippen LogP contribution in [0.25, 0.3) is 141 Å². The molecule has 15 nitrogen and oxygen atoms in total. The number of carbonyl (C=O) groups is 2. The lowest BCUT2D eigenvalue weighted by Crippen LogP contribution is -2.61. The van der Waals surface area contributed by atoms with Gasteiger partial charge in [-0.1, -0.05) is 297 Å². The molecule has 16 aromatic carbocycles. The first kappa shape index (κ1) is 75.3. The van der Waals surface area contributed by atoms with Crippen molar-refractivity contribution in [2.45, 2.75) is 13.2 Å². The molecule has 0 radical (unpaired) electrons. The van der Waals surface area contributed by atoms with E-state index in [-0.39, 0.29) is 13.2 Å². The molecule has 2 aliphatic rings. The first-order valence-electron chi connectivity index (χ1n) is 41.8. The number of esters is 2. The van der Waals surface area contributed by atoms with Crippen LogP contribution in [-0.2, 0) is 22.7 Å². The van der Waals surface area contributed by atoms with Gasteiger partial charge in [0.05, 0.1) is 39.2 Å². The van der Waals surface area contributed by atoms with Gasteiger partial charge in [-0.15, -0.1) is 0 Å². The average Bonchev–Trinajstić information content (AvgIpc) is 0.718. The Balaban J connectivity index is 0.802. The van der Waals surface area contributed by atoms with E-state index in [2.05, 4.69) is 148 Å². The summed E-state index contributed by atoms with van der Waals surface area (Å²) in [5.41, 5.74) is 23.6. The zero-order valence-electron chi connectivity index (χ0n) is 67.8. The highest BCUT2D eigenvalue weighted by Crippen LogP contribution is 2.49. The molecule has 0 saturated carbocycles. The summed E-state index contributed by atoms with van der Waals surface area (Å²) < 4.78 is 14.6. The normalized spacial score (nSPS) is 11.9. The fourth-order valence-electron chi connectivity index (χ4n) is 17.3. The van der Waals surface area contributed by atoms with Crippen LogP contribution in [0.3, 0.4) is 0 Å². The molecule has 0 atom stereocenters. The Labute approximate surface area is 726 Å². The minimum atomic E-state index is -0.461. The van der Waals surface area contributed by atoms with Crippen molar-refractivity contribution in [1.82, 2.24) is 44.4 Å². The summed E-state index contributed by atoms with van der Waals surface area (Å²) in [5.74, 6) is 2.53. The van der Waals surface area contributed by atoms with Gasteiger partial charge in [-0.2, -0.15) is 0 Å². The second kappa shape index (κ2) is 32.5. The maximum atomic E-state index is 14.7. The summed E-state index contributed by atoms with van der Waals surface area (Å²) in [5, 5.41) is 1.78. The largest absolute Gasteiger partial charge is 0.457 e. The molecule has 0 unspecified atom stereocenters. The first-order valence-corrected chi connectivity index (χ1v) is 41.8. The van der Waals surface area contributed by atoms with E-state index >= 15 is 0 Å². The number of rotatable bonds is 19. The molecular weight excluding hydrogens is 1550 g/mol. The molecule has 0 bridgehead atoms. The van der Waals surface area contributed by atoms with Crippen LogP contribution in [0.1, 0.15) is 31.8 Å². The fraction of sp³-hybridized carbons (Fsp3) is 0.0182. The molecule has 22 rings (SSSR count). The number of hydrogen-bond acceptors (Lipinski definition) is 14. The van der Waals surface area contributed by atoms with Gasteiger partial charge in [-0.25, -0.2) is 49.5 Å². The number of benzene rings is 16. The number of ether oxygens (including phenoxy) is 2. The Hall–Kier alpha value is -17.0. The zero-order valence-corrected chi connectivity index (χ0v) is 67.8. The van der Waals surface area contributed by atoms with Gasteiger partial charge in [0.15, 0.2) is 40.8 Å². The highest BCUT2D eigenvalue weighted by molar-refractivity contribution is 7.00. The Kier molecular flexibility index (Phi) is 19.4. The van der Waals surface area contributed by atoms with Gasteiger partial charge >= 0.3 is 11.9 Å². The monoisotopic (exact) mass is 1620 g/mol. The molecule has 0 fully saturated rings. The van der Waals surface area contributed by atoms with Crippen molar-refractivity contribution in [2.24, 2.45) is 0 Å². The molecule has 0 aliphatic carbocycles. The molecule has 0 saturated heterocycles. The molecule has 6 heterocycles. The van der Waals surface area contributed by atoms with E-state index in [4.69, 9.17) is 49.3 Å². The number of carbonyl (C=O) groups excluding carboxylic acids is 2. The lowest BCUT2D eigenvalue weighted by atomic mass is 9.33. The van der Waals surface area contributed by atoms with Crippen LogP contribution in [0, 0.1) is 0 Å². The molecule has 4 aromatic heterocycles. The minimum Gasteiger partial charge on any atom is -0.457 e. The van der Waals surface area contributed by atoms with Crippen molar-refractivity contribution in [1.29, 1.82) is 0 Å². The van der Waals surface area contributed by atoms with Crippen LogP contribution in [0.2, 0.25) is 0 Å². The summed E-state index contributed by atoms with van der Waals surface area (Å²) in [6.45, 7) is -0.244. The molecule has 16 heteroatoms. The Morgan fingerprint density at radius 1 is 0.254 bits per heavy atom. The number of fused-ring (bicyclic) bond motifs is 7. The van der Waals surface area contributed by atoms with Gasteiger partial charge in [-0.3, -0.25) is 0 Å². The average molecular weight is 1620 g/mol. The summed E-state index contributed by atoms with van der Waals surface area (Å²) in [6.07, 6.45) is 0. The molecule has 594 valence electrons. The third-order valence-corrected chi connectivity index (χ3v) is 23.4. The Morgan fingerprint density at radius 2 is 0.587 bits per heavy atom. The maximum absolute atomic E-state index is 14.7. The third kappa shape index (κ3) is 14.3. The standard InChI is InChI=1S/C110H72BN11O4/c123-109(125-69-71-31-11-1-12-32-71)82-51-56-90-97(64-82)120(85-47-27-9-28-48-85)99-66-84(67-100-101(99)111(90)91-57-52-83(110(124)126-70-72-33-13-2-14-34-72)65-98(91)121(100)86-49-29-10-30-50-86)79-53-58-94-87(61-79)88-62-80(107-116-102(75-39-19-5-20-40-75)114-103(117-107)76-41-21-6-22-42-76)54-59-95(88)122(94)96-60-55-81(106-112-92(73-35-15-3-16-36-73)68-93(113-106)74-37-17-4-18-38-74)63-89(96)108-118-104(77-43-23-7-24-44-77)115-105(119-108)78-45-25-8-26-46-78/h1-68H,69-70H2. The van der Waals surface area contributed by atoms with E-state index in [1.54, 1.807) is 0 Å². The quantitative estimate of drug-likeness (QED) is 0.0554. The smallest absolute Gasteiger partial charge is 0.338 e. The van der Waals surface area contributed by atoms with E-state index in [1.165, 1.54) is 0 Å². The van der Waals surface area contributed by atoms with Crippen LogP contribution >= 0.6 is 0 Å². The maximum Gasteiger partial charge on any atom is 0.338 e. The van der Waals surface area contributed by atoms with Crippen LogP contribution in [0.15, 0.2) is 413 Å². The molecule has 0 N–H and O–H groups in total. The topological polar surface area (TPSA) is 167 Å². The summed E-state index contributed by atoms with van der Waals surface area (Å²) in [6, 6.07) is 139. The van der Waals surface area contributed by atoms with Crippen LogP contribution in [-0.4, -0.2) is 63.1 Å².